The van der Waals surface area contributed by atoms with E-state index in [-0.39, 0.29) is 0 Å². The van der Waals surface area contributed by atoms with Crippen LogP contribution in [0.25, 0.3) is 0 Å². The first-order valence-corrected chi connectivity index (χ1v) is 4.03. The first kappa shape index (κ1) is 6.85. The van der Waals surface area contributed by atoms with Crippen molar-refractivity contribution in [2.75, 3.05) is 6.54 Å². The Balaban J connectivity index is 2.50. The number of nitrogens with one attached hydrogen (secondary N) is 1. The third kappa shape index (κ3) is 0.959. The number of rotatable bonds is 0. The van der Waals surface area contributed by atoms with Crippen LogP contribution in [0, 0.1) is 0 Å². The summed E-state index contributed by atoms with van der Waals surface area (Å²) in [6, 6.07) is 0. The second-order valence-electron chi connectivity index (χ2n) is 3.13. The fourth-order valence-corrected chi connectivity index (χ4v) is 1.68. The predicted molar refractivity (Wildman–Crippen MR) is 42.0 cm³/mol. The quantitative estimate of drug-likeness (QED) is 0.497. The van der Waals surface area contributed by atoms with Gasteiger partial charge in [0.05, 0.1) is 18.3 Å². The number of aromatic nitrogens is 2. The topological polar surface area (TPSA) is 20.8 Å². The Labute approximate surface area is 66.6 Å². The molecule has 0 aliphatic carbocycles. The molecule has 0 amide bonds. The van der Waals surface area contributed by atoms with E-state index in [0.29, 0.717) is 0 Å². The monoisotopic (exact) mass is 152 g/mol. The molecule has 0 radical (unpaired) electrons. The number of hydrogen-bond donors (Lipinski definition) is 1. The second kappa shape index (κ2) is 2.34. The fraction of sp³-hybridized carbons (Fsp3) is 0.625. The number of hydrogen-bond acceptors (Lipinski definition) is 1. The highest BCUT2D eigenvalue weighted by molar-refractivity contribution is 5.17. The van der Waals surface area contributed by atoms with E-state index in [1.807, 2.05) is 0 Å². The Morgan fingerprint density at radius 1 is 1.64 bits per heavy atom. The molecule has 0 saturated heterocycles. The first-order valence-electron chi connectivity index (χ1n) is 4.03. The molecular formula is C8H14N3+. The van der Waals surface area contributed by atoms with Crippen LogP contribution in [-0.4, -0.2) is 11.2 Å². The lowest BCUT2D eigenvalue weighted by Gasteiger charge is -2.10. The lowest BCUT2D eigenvalue weighted by atomic mass is 10.1. The standard InChI is InChI=1S/C8H14N3/c1-10-6-7-5-9-4-3-8(7)11(10)2/h6,9H,3-5H2,1-2H3/q+1. The van der Waals surface area contributed by atoms with Gasteiger partial charge in [0.25, 0.3) is 0 Å². The van der Waals surface area contributed by atoms with Gasteiger partial charge in [0.1, 0.15) is 0 Å². The Bertz CT molecular complexity index is 275. The van der Waals surface area contributed by atoms with Gasteiger partial charge in [-0.25, -0.2) is 0 Å². The van der Waals surface area contributed by atoms with Gasteiger partial charge in [0.2, 0.25) is 0 Å². The van der Waals surface area contributed by atoms with Gasteiger partial charge in [0, 0.05) is 19.5 Å². The van der Waals surface area contributed by atoms with Crippen molar-refractivity contribution in [3.63, 3.8) is 0 Å². The molecule has 0 aromatic carbocycles. The van der Waals surface area contributed by atoms with Crippen molar-refractivity contribution >= 4 is 0 Å². The van der Waals surface area contributed by atoms with E-state index >= 15 is 0 Å². The third-order valence-corrected chi connectivity index (χ3v) is 2.43. The van der Waals surface area contributed by atoms with Crippen LogP contribution in [0.2, 0.25) is 0 Å². The average molecular weight is 152 g/mol. The summed E-state index contributed by atoms with van der Waals surface area (Å²) in [5.74, 6) is 0. The van der Waals surface area contributed by atoms with Crippen LogP contribution in [0.4, 0.5) is 0 Å². The minimum atomic E-state index is 1.03. The summed E-state index contributed by atoms with van der Waals surface area (Å²) in [7, 11) is 4.20. The van der Waals surface area contributed by atoms with Crippen LogP contribution in [-0.2, 0) is 27.1 Å². The van der Waals surface area contributed by atoms with Gasteiger partial charge in [-0.1, -0.05) is 0 Å². The van der Waals surface area contributed by atoms with Crippen LogP contribution in [0.3, 0.4) is 0 Å². The molecule has 1 aromatic rings. The van der Waals surface area contributed by atoms with Gasteiger partial charge < -0.3 is 5.32 Å². The van der Waals surface area contributed by atoms with Crippen molar-refractivity contribution in [1.29, 1.82) is 0 Å². The lowest BCUT2D eigenvalue weighted by Crippen LogP contribution is -2.37. The van der Waals surface area contributed by atoms with Crippen molar-refractivity contribution < 1.29 is 4.68 Å². The highest BCUT2D eigenvalue weighted by Gasteiger charge is 2.18. The molecule has 0 atom stereocenters. The summed E-state index contributed by atoms with van der Waals surface area (Å²) in [4.78, 5) is 0. The smallest absolute Gasteiger partial charge is 0.200 e. The maximum absolute atomic E-state index is 3.35. The van der Waals surface area contributed by atoms with Crippen molar-refractivity contribution in [3.8, 4) is 0 Å². The van der Waals surface area contributed by atoms with Gasteiger partial charge >= 0.3 is 0 Å². The normalized spacial score (nSPS) is 16.5. The van der Waals surface area contributed by atoms with Crippen LogP contribution in [0.5, 0.6) is 0 Å². The summed E-state index contributed by atoms with van der Waals surface area (Å²) >= 11 is 0. The largest absolute Gasteiger partial charge is 0.312 e. The molecule has 3 heteroatoms. The zero-order valence-electron chi connectivity index (χ0n) is 7.09. The van der Waals surface area contributed by atoms with Crippen molar-refractivity contribution in [2.45, 2.75) is 13.0 Å². The molecule has 0 spiro atoms. The SMILES string of the molecule is Cn1c2c(c[n+]1C)CNCC2. The highest BCUT2D eigenvalue weighted by Crippen LogP contribution is 2.09. The molecular weight excluding hydrogens is 138 g/mol. The van der Waals surface area contributed by atoms with Gasteiger partial charge in [0.15, 0.2) is 13.2 Å². The molecule has 2 heterocycles. The van der Waals surface area contributed by atoms with Crippen molar-refractivity contribution in [2.24, 2.45) is 14.1 Å². The summed E-state index contributed by atoms with van der Waals surface area (Å²) in [6.45, 7) is 2.15. The van der Waals surface area contributed by atoms with Gasteiger partial charge in [-0.3, -0.25) is 0 Å². The third-order valence-electron chi connectivity index (χ3n) is 2.43. The minimum Gasteiger partial charge on any atom is -0.312 e. The molecule has 3 nitrogen and oxygen atoms in total. The Morgan fingerprint density at radius 2 is 2.45 bits per heavy atom. The van der Waals surface area contributed by atoms with Gasteiger partial charge in [-0.2, -0.15) is 4.68 Å². The predicted octanol–water partition coefficient (Wildman–Crippen LogP) is -0.505. The fourth-order valence-electron chi connectivity index (χ4n) is 1.68. The lowest BCUT2D eigenvalue weighted by molar-refractivity contribution is -0.751. The van der Waals surface area contributed by atoms with Crippen LogP contribution in [0.1, 0.15) is 11.3 Å². The maximum atomic E-state index is 3.35. The van der Waals surface area contributed by atoms with Crippen LogP contribution < -0.4 is 10.00 Å². The maximum Gasteiger partial charge on any atom is 0.200 e. The Hall–Kier alpha value is -0.830. The zero-order chi connectivity index (χ0) is 7.84. The number of aryl methyl sites for hydroxylation is 1. The van der Waals surface area contributed by atoms with E-state index in [4.69, 9.17) is 0 Å². The first-order chi connectivity index (χ1) is 5.29. The summed E-state index contributed by atoms with van der Waals surface area (Å²) in [6.07, 6.45) is 3.36. The van der Waals surface area contributed by atoms with Gasteiger partial charge in [-0.15, -0.1) is 4.68 Å². The second-order valence-corrected chi connectivity index (χ2v) is 3.13. The average Bonchev–Trinajstić information content (AvgIpc) is 2.30. The van der Waals surface area contributed by atoms with Gasteiger partial charge in [-0.05, 0) is 0 Å². The molecule has 1 aliphatic heterocycles. The molecule has 60 valence electrons. The minimum absolute atomic E-state index is 1.03. The molecule has 0 bridgehead atoms. The van der Waals surface area contributed by atoms with Crippen LogP contribution >= 0.6 is 0 Å². The molecule has 1 aliphatic rings. The van der Waals surface area contributed by atoms with E-state index in [0.717, 1.165) is 19.5 Å². The number of nitrogens with zero attached hydrogens (tertiary/aromatic N) is 2. The Morgan fingerprint density at radius 3 is 3.18 bits per heavy atom. The van der Waals surface area contributed by atoms with E-state index in [2.05, 4.69) is 35.0 Å². The summed E-state index contributed by atoms with van der Waals surface area (Å²) in [5, 5.41) is 3.35. The Kier molecular flexibility index (Phi) is 1.46. The number of fused-ring (bicyclic) bond motifs is 1. The highest BCUT2D eigenvalue weighted by atomic mass is 15.4. The van der Waals surface area contributed by atoms with Crippen LogP contribution in [0.15, 0.2) is 6.20 Å². The summed E-state index contributed by atoms with van der Waals surface area (Å²) < 4.78 is 4.36. The molecule has 0 unspecified atom stereocenters. The van der Waals surface area contributed by atoms with E-state index in [1.165, 1.54) is 11.3 Å². The molecule has 1 N–H and O–H groups in total. The zero-order valence-corrected chi connectivity index (χ0v) is 7.09. The van der Waals surface area contributed by atoms with E-state index in [9.17, 15) is 0 Å². The molecule has 2 rings (SSSR count). The summed E-state index contributed by atoms with van der Waals surface area (Å²) in [5.41, 5.74) is 2.92. The molecule has 0 fully saturated rings. The van der Waals surface area contributed by atoms with Crippen molar-refractivity contribution in [1.82, 2.24) is 10.00 Å². The molecule has 0 saturated carbocycles. The van der Waals surface area contributed by atoms with E-state index in [1.54, 1.807) is 0 Å². The molecule has 11 heavy (non-hydrogen) atoms. The molecule has 1 aromatic heterocycles. The van der Waals surface area contributed by atoms with Crippen molar-refractivity contribution in [3.05, 3.63) is 17.5 Å². The van der Waals surface area contributed by atoms with E-state index < -0.39 is 0 Å².